The number of amides is 3. The molecule has 7 heteroatoms. The monoisotopic (exact) mass is 423 g/mol. The van der Waals surface area contributed by atoms with Crippen molar-refractivity contribution in [3.63, 3.8) is 0 Å². The van der Waals surface area contributed by atoms with Gasteiger partial charge in [0.15, 0.2) is 5.25 Å². The maximum Gasteiger partial charge on any atom is 0.250 e. The van der Waals surface area contributed by atoms with Crippen LogP contribution in [0.25, 0.3) is 0 Å². The smallest absolute Gasteiger partial charge is 0.250 e. The van der Waals surface area contributed by atoms with E-state index in [2.05, 4.69) is 5.32 Å². The highest BCUT2D eigenvalue weighted by Crippen LogP contribution is 2.39. The number of anilines is 2. The average Bonchev–Trinajstić information content (AvgIpc) is 3.05. The van der Waals surface area contributed by atoms with E-state index >= 15 is 0 Å². The lowest BCUT2D eigenvalue weighted by Crippen LogP contribution is -2.51. The number of nitrogens with one attached hydrogen (secondary N) is 1. The van der Waals surface area contributed by atoms with Crippen molar-refractivity contribution in [3.8, 4) is 0 Å². The molecule has 2 aliphatic rings. The van der Waals surface area contributed by atoms with Crippen LogP contribution in [0.5, 0.6) is 0 Å². The number of para-hydroxylation sites is 2. The van der Waals surface area contributed by atoms with Crippen molar-refractivity contribution in [2.24, 2.45) is 0 Å². The lowest BCUT2D eigenvalue weighted by Gasteiger charge is -2.34. The van der Waals surface area contributed by atoms with Crippen molar-refractivity contribution >= 4 is 40.9 Å². The quantitative estimate of drug-likeness (QED) is 0.764. The highest BCUT2D eigenvalue weighted by atomic mass is 32.2. The molecule has 1 N–H and O–H groups in total. The van der Waals surface area contributed by atoms with Crippen molar-refractivity contribution in [2.75, 3.05) is 29.9 Å². The second kappa shape index (κ2) is 9.34. The summed E-state index contributed by atoms with van der Waals surface area (Å²) < 4.78 is 0. The van der Waals surface area contributed by atoms with Crippen molar-refractivity contribution in [2.45, 2.75) is 35.8 Å². The molecule has 2 aromatic rings. The molecule has 3 amide bonds. The van der Waals surface area contributed by atoms with E-state index in [0.717, 1.165) is 30.6 Å². The summed E-state index contributed by atoms with van der Waals surface area (Å²) in [6.45, 7) is 1.26. The minimum Gasteiger partial charge on any atom is -0.341 e. The number of carbonyl (C=O) groups is 3. The van der Waals surface area contributed by atoms with Crippen molar-refractivity contribution in [3.05, 3.63) is 54.6 Å². The number of thioether (sulfide) groups is 1. The van der Waals surface area contributed by atoms with Gasteiger partial charge in [-0.1, -0.05) is 43.2 Å². The molecule has 2 aromatic carbocycles. The first-order valence-electron chi connectivity index (χ1n) is 10.3. The normalized spacial score (nSPS) is 19.1. The molecule has 6 nitrogen and oxygen atoms in total. The van der Waals surface area contributed by atoms with E-state index in [1.165, 1.54) is 16.7 Å². The van der Waals surface area contributed by atoms with Crippen LogP contribution in [0.4, 0.5) is 11.4 Å². The molecular weight excluding hydrogens is 398 g/mol. The maximum atomic E-state index is 13.3. The van der Waals surface area contributed by atoms with Crippen molar-refractivity contribution in [1.82, 2.24) is 4.90 Å². The third-order valence-corrected chi connectivity index (χ3v) is 6.63. The summed E-state index contributed by atoms with van der Waals surface area (Å²) in [5.41, 5.74) is 1.35. The van der Waals surface area contributed by atoms with Gasteiger partial charge in [0.1, 0.15) is 6.54 Å². The molecule has 0 bridgehead atoms. The highest BCUT2D eigenvalue weighted by Gasteiger charge is 2.40. The van der Waals surface area contributed by atoms with Crippen LogP contribution in [-0.4, -0.2) is 47.5 Å². The van der Waals surface area contributed by atoms with Gasteiger partial charge in [-0.2, -0.15) is 0 Å². The van der Waals surface area contributed by atoms with Crippen molar-refractivity contribution < 1.29 is 14.4 Å². The predicted molar refractivity (Wildman–Crippen MR) is 119 cm³/mol. The lowest BCUT2D eigenvalue weighted by molar-refractivity contribution is -0.135. The third-order valence-electron chi connectivity index (χ3n) is 5.39. The van der Waals surface area contributed by atoms with Gasteiger partial charge in [0.05, 0.1) is 5.69 Å². The minimum absolute atomic E-state index is 0.130. The van der Waals surface area contributed by atoms with Crippen LogP contribution in [0.15, 0.2) is 59.5 Å². The molecule has 156 valence electrons. The Morgan fingerprint density at radius 1 is 0.933 bits per heavy atom. The summed E-state index contributed by atoms with van der Waals surface area (Å²) >= 11 is 1.29. The minimum atomic E-state index is -0.845. The van der Waals surface area contributed by atoms with Gasteiger partial charge in [0.25, 0.3) is 5.91 Å². The Morgan fingerprint density at radius 3 is 2.33 bits per heavy atom. The fourth-order valence-electron chi connectivity index (χ4n) is 3.86. The van der Waals surface area contributed by atoms with Gasteiger partial charge in [-0.05, 0) is 37.1 Å². The molecule has 1 fully saturated rings. The van der Waals surface area contributed by atoms with E-state index < -0.39 is 5.25 Å². The van der Waals surface area contributed by atoms with Crippen LogP contribution >= 0.6 is 11.8 Å². The lowest BCUT2D eigenvalue weighted by atomic mass is 10.2. The maximum absolute atomic E-state index is 13.3. The molecule has 4 rings (SSSR count). The molecule has 2 aliphatic heterocycles. The summed E-state index contributed by atoms with van der Waals surface area (Å²) in [5, 5.41) is 1.98. The van der Waals surface area contributed by atoms with Gasteiger partial charge < -0.3 is 15.1 Å². The van der Waals surface area contributed by atoms with Gasteiger partial charge >= 0.3 is 0 Å². The summed E-state index contributed by atoms with van der Waals surface area (Å²) in [5.74, 6) is -0.761. The van der Waals surface area contributed by atoms with Gasteiger partial charge in [0.2, 0.25) is 11.8 Å². The Kier molecular flexibility index (Phi) is 6.38. The zero-order chi connectivity index (χ0) is 20.9. The molecule has 0 spiro atoms. The molecule has 0 unspecified atom stereocenters. The number of rotatable bonds is 4. The zero-order valence-electron chi connectivity index (χ0n) is 16.8. The number of likely N-dealkylation sites (tertiary alicyclic amines) is 1. The Balaban J connectivity index is 1.55. The first-order valence-corrected chi connectivity index (χ1v) is 11.2. The van der Waals surface area contributed by atoms with Crippen LogP contribution in [0.1, 0.15) is 25.7 Å². The largest absolute Gasteiger partial charge is 0.341 e. The number of fused-ring (bicyclic) bond motifs is 1. The topological polar surface area (TPSA) is 69.7 Å². The van der Waals surface area contributed by atoms with Gasteiger partial charge in [-0.25, -0.2) is 0 Å². The molecule has 0 radical (unpaired) electrons. The van der Waals surface area contributed by atoms with Crippen LogP contribution < -0.4 is 10.2 Å². The van der Waals surface area contributed by atoms with Crippen molar-refractivity contribution in [1.29, 1.82) is 0 Å². The van der Waals surface area contributed by atoms with Gasteiger partial charge in [-0.15, -0.1) is 11.8 Å². The number of nitrogens with zero attached hydrogens (tertiary/aromatic N) is 2. The molecule has 1 atom stereocenters. The number of carbonyl (C=O) groups excluding carboxylic acids is 3. The van der Waals surface area contributed by atoms with E-state index in [-0.39, 0.29) is 24.3 Å². The van der Waals surface area contributed by atoms with Crippen LogP contribution in [0, 0.1) is 0 Å². The SMILES string of the molecule is O=C(CN1C(=O)[C@@H](C(=O)N2CCCCCC2)Sc2ccccc21)Nc1ccccc1. The second-order valence-electron chi connectivity index (χ2n) is 7.54. The molecule has 0 saturated carbocycles. The Bertz CT molecular complexity index is 926. The first-order chi connectivity index (χ1) is 14.6. The van der Waals surface area contributed by atoms with E-state index in [4.69, 9.17) is 0 Å². The highest BCUT2D eigenvalue weighted by molar-refractivity contribution is 8.01. The molecule has 0 aliphatic carbocycles. The van der Waals surface area contributed by atoms with Gasteiger partial charge in [0, 0.05) is 23.7 Å². The fraction of sp³-hybridized carbons (Fsp3) is 0.348. The average molecular weight is 424 g/mol. The second-order valence-corrected chi connectivity index (χ2v) is 8.69. The molecule has 2 heterocycles. The van der Waals surface area contributed by atoms with E-state index in [1.54, 1.807) is 12.1 Å². The van der Waals surface area contributed by atoms with Crippen LogP contribution in [0.3, 0.4) is 0 Å². The Hall–Kier alpha value is -2.80. The van der Waals surface area contributed by atoms with Gasteiger partial charge in [-0.3, -0.25) is 14.4 Å². The number of benzene rings is 2. The molecule has 0 aromatic heterocycles. The summed E-state index contributed by atoms with van der Waals surface area (Å²) in [6, 6.07) is 16.6. The molecular formula is C23H25N3O3S. The van der Waals surface area contributed by atoms with E-state index in [0.29, 0.717) is 24.5 Å². The summed E-state index contributed by atoms with van der Waals surface area (Å²) in [6.07, 6.45) is 4.17. The number of hydrogen-bond acceptors (Lipinski definition) is 4. The first kappa shape index (κ1) is 20.5. The van der Waals surface area contributed by atoms with Crippen LogP contribution in [-0.2, 0) is 14.4 Å². The molecule has 1 saturated heterocycles. The fourth-order valence-corrected chi connectivity index (χ4v) is 5.05. The predicted octanol–water partition coefficient (Wildman–Crippen LogP) is 3.54. The summed E-state index contributed by atoms with van der Waals surface area (Å²) in [4.78, 5) is 43.3. The Labute approximate surface area is 180 Å². The van der Waals surface area contributed by atoms with E-state index in [1.807, 2.05) is 47.4 Å². The Morgan fingerprint density at radius 2 is 1.60 bits per heavy atom. The van der Waals surface area contributed by atoms with E-state index in [9.17, 15) is 14.4 Å². The third kappa shape index (κ3) is 4.51. The molecule has 30 heavy (non-hydrogen) atoms. The summed E-state index contributed by atoms with van der Waals surface area (Å²) in [7, 11) is 0. The standard InChI is InChI=1S/C23H25N3O3S/c27-20(24-17-10-4-3-5-11-17)16-26-18-12-6-7-13-19(18)30-21(23(26)29)22(28)25-14-8-1-2-9-15-25/h3-7,10-13,21H,1-2,8-9,14-16H2,(H,24,27)/t21-/m1/s1. The number of hydrogen-bond donors (Lipinski definition) is 1. The van der Waals surface area contributed by atoms with Crippen LogP contribution in [0.2, 0.25) is 0 Å². The zero-order valence-corrected chi connectivity index (χ0v) is 17.6.